The number of thiazole rings is 1. The third-order valence-corrected chi connectivity index (χ3v) is 5.08. The molecule has 19 heavy (non-hydrogen) atoms. The molecule has 1 fully saturated rings. The Morgan fingerprint density at radius 3 is 3.00 bits per heavy atom. The summed E-state index contributed by atoms with van der Waals surface area (Å²) in [5, 5.41) is 3.30. The molecule has 0 N–H and O–H groups in total. The van der Waals surface area contributed by atoms with Gasteiger partial charge < -0.3 is 4.90 Å². The highest BCUT2D eigenvalue weighted by atomic mass is 35.5. The van der Waals surface area contributed by atoms with E-state index in [1.165, 1.54) is 37.5 Å². The lowest BCUT2D eigenvalue weighted by Crippen LogP contribution is -2.40. The van der Waals surface area contributed by atoms with Gasteiger partial charge in [-0.3, -0.25) is 4.90 Å². The van der Waals surface area contributed by atoms with Crippen LogP contribution >= 0.6 is 22.9 Å². The van der Waals surface area contributed by atoms with Gasteiger partial charge in [-0.15, -0.1) is 22.9 Å². The van der Waals surface area contributed by atoms with Gasteiger partial charge in [-0.05, 0) is 33.0 Å². The highest BCUT2D eigenvalue weighted by Gasteiger charge is 2.21. The lowest BCUT2D eigenvalue weighted by atomic mass is 10.2. The van der Waals surface area contributed by atoms with Gasteiger partial charge in [0.05, 0.1) is 16.6 Å². The third kappa shape index (κ3) is 4.42. The predicted octanol–water partition coefficient (Wildman–Crippen LogP) is 2.84. The van der Waals surface area contributed by atoms with Gasteiger partial charge in [-0.2, -0.15) is 0 Å². The molecule has 1 aromatic rings. The van der Waals surface area contributed by atoms with Crippen molar-refractivity contribution >= 4 is 22.9 Å². The van der Waals surface area contributed by atoms with Crippen molar-refractivity contribution in [3.05, 3.63) is 16.1 Å². The van der Waals surface area contributed by atoms with Crippen LogP contribution in [-0.2, 0) is 12.3 Å². The molecule has 0 spiro atoms. The first-order valence-electron chi connectivity index (χ1n) is 7.14. The molecule has 2 rings (SSSR count). The fourth-order valence-electron chi connectivity index (χ4n) is 2.74. The molecule has 1 saturated heterocycles. The summed E-state index contributed by atoms with van der Waals surface area (Å²) in [4.78, 5) is 9.66. The summed E-state index contributed by atoms with van der Waals surface area (Å²) < 4.78 is 0. The monoisotopic (exact) mass is 301 g/mol. The molecule has 2 heterocycles. The normalized spacial score (nSPS) is 22.6. The Kier molecular flexibility index (Phi) is 6.07. The molecule has 0 saturated carbocycles. The zero-order chi connectivity index (χ0) is 13.7. The summed E-state index contributed by atoms with van der Waals surface area (Å²) in [6, 6.07) is 0.694. The first kappa shape index (κ1) is 15.2. The maximum absolute atomic E-state index is 5.80. The number of nitrogens with zero attached hydrogens (tertiary/aromatic N) is 3. The number of rotatable bonds is 5. The van der Waals surface area contributed by atoms with Crippen LogP contribution in [0.1, 0.15) is 30.5 Å². The van der Waals surface area contributed by atoms with Crippen LogP contribution in [0.3, 0.4) is 0 Å². The van der Waals surface area contributed by atoms with E-state index >= 15 is 0 Å². The SMILES string of the molecule is CCC1CN(C)CCCN1CCc1nc(CCl)cs1. The minimum atomic E-state index is 0.530. The fraction of sp³-hybridized carbons (Fsp3) is 0.786. The average Bonchev–Trinajstić information content (AvgIpc) is 2.80. The van der Waals surface area contributed by atoms with Crippen molar-refractivity contribution in [2.75, 3.05) is 33.2 Å². The molecule has 1 aliphatic rings. The summed E-state index contributed by atoms with van der Waals surface area (Å²) in [5.41, 5.74) is 1.02. The van der Waals surface area contributed by atoms with E-state index in [-0.39, 0.29) is 0 Å². The van der Waals surface area contributed by atoms with Crippen molar-refractivity contribution in [3.63, 3.8) is 0 Å². The van der Waals surface area contributed by atoms with Gasteiger partial charge in [0, 0.05) is 30.9 Å². The Labute approximate surface area is 125 Å². The minimum Gasteiger partial charge on any atom is -0.305 e. The zero-order valence-corrected chi connectivity index (χ0v) is 13.5. The number of halogens is 1. The summed E-state index contributed by atoms with van der Waals surface area (Å²) in [5.74, 6) is 0.530. The Bertz CT molecular complexity index is 383. The van der Waals surface area contributed by atoms with Crippen molar-refractivity contribution in [2.24, 2.45) is 0 Å². The maximum Gasteiger partial charge on any atom is 0.0941 e. The molecule has 1 atom stereocenters. The van der Waals surface area contributed by atoms with Crippen molar-refractivity contribution in [3.8, 4) is 0 Å². The molecular weight excluding hydrogens is 278 g/mol. The van der Waals surface area contributed by atoms with Crippen molar-refractivity contribution < 1.29 is 0 Å². The number of likely N-dealkylation sites (N-methyl/N-ethyl adjacent to an activating group) is 1. The van der Waals surface area contributed by atoms with E-state index in [0.29, 0.717) is 11.9 Å². The predicted molar refractivity (Wildman–Crippen MR) is 83.1 cm³/mol. The molecule has 0 bridgehead atoms. The van der Waals surface area contributed by atoms with Gasteiger partial charge in [0.15, 0.2) is 0 Å². The van der Waals surface area contributed by atoms with Crippen LogP contribution in [0.4, 0.5) is 0 Å². The molecule has 108 valence electrons. The molecule has 0 amide bonds. The number of aromatic nitrogens is 1. The summed E-state index contributed by atoms with van der Waals surface area (Å²) in [7, 11) is 2.24. The van der Waals surface area contributed by atoms with Crippen LogP contribution in [0.15, 0.2) is 5.38 Å². The lowest BCUT2D eigenvalue weighted by molar-refractivity contribution is 0.185. The number of hydrogen-bond acceptors (Lipinski definition) is 4. The standard InChI is InChI=1S/C14H24ClN3S/c1-3-13-10-17(2)6-4-7-18(13)8-5-14-16-12(9-15)11-19-14/h11,13H,3-10H2,1-2H3. The largest absolute Gasteiger partial charge is 0.305 e. The van der Waals surface area contributed by atoms with Gasteiger partial charge in [-0.1, -0.05) is 6.92 Å². The van der Waals surface area contributed by atoms with Crippen LogP contribution in [-0.4, -0.2) is 54.1 Å². The zero-order valence-electron chi connectivity index (χ0n) is 11.9. The van der Waals surface area contributed by atoms with E-state index in [1.54, 1.807) is 11.3 Å². The van der Waals surface area contributed by atoms with Gasteiger partial charge in [0.25, 0.3) is 0 Å². The van der Waals surface area contributed by atoms with Crippen LogP contribution in [0.5, 0.6) is 0 Å². The van der Waals surface area contributed by atoms with Crippen LogP contribution in [0, 0.1) is 0 Å². The highest BCUT2D eigenvalue weighted by Crippen LogP contribution is 2.16. The molecule has 1 aromatic heterocycles. The van der Waals surface area contributed by atoms with Gasteiger partial charge in [-0.25, -0.2) is 4.98 Å². The molecule has 1 aliphatic heterocycles. The van der Waals surface area contributed by atoms with E-state index in [9.17, 15) is 0 Å². The Morgan fingerprint density at radius 1 is 1.47 bits per heavy atom. The van der Waals surface area contributed by atoms with Crippen LogP contribution in [0.25, 0.3) is 0 Å². The van der Waals surface area contributed by atoms with E-state index in [0.717, 1.165) is 18.7 Å². The molecule has 0 radical (unpaired) electrons. The van der Waals surface area contributed by atoms with Crippen LogP contribution < -0.4 is 0 Å². The molecule has 0 aromatic carbocycles. The molecule has 0 aliphatic carbocycles. The van der Waals surface area contributed by atoms with Gasteiger partial charge in [0.1, 0.15) is 0 Å². The highest BCUT2D eigenvalue weighted by molar-refractivity contribution is 7.09. The van der Waals surface area contributed by atoms with Gasteiger partial charge >= 0.3 is 0 Å². The summed E-state index contributed by atoms with van der Waals surface area (Å²) in [6.45, 7) is 7.06. The van der Waals surface area contributed by atoms with Crippen LogP contribution in [0.2, 0.25) is 0 Å². The molecule has 1 unspecified atom stereocenters. The molecule has 5 heteroatoms. The fourth-order valence-corrected chi connectivity index (χ4v) is 3.75. The smallest absolute Gasteiger partial charge is 0.0941 e. The maximum atomic E-state index is 5.80. The molecular formula is C14H24ClN3S. The second kappa shape index (κ2) is 7.58. The minimum absolute atomic E-state index is 0.530. The topological polar surface area (TPSA) is 19.4 Å². The second-order valence-electron chi connectivity index (χ2n) is 5.33. The van der Waals surface area contributed by atoms with Crippen molar-refractivity contribution in [2.45, 2.75) is 38.1 Å². The van der Waals surface area contributed by atoms with Crippen molar-refractivity contribution in [1.82, 2.24) is 14.8 Å². The average molecular weight is 302 g/mol. The van der Waals surface area contributed by atoms with Gasteiger partial charge in [0.2, 0.25) is 0 Å². The van der Waals surface area contributed by atoms with E-state index in [4.69, 9.17) is 11.6 Å². The Morgan fingerprint density at radius 2 is 2.32 bits per heavy atom. The quantitative estimate of drug-likeness (QED) is 0.780. The summed E-state index contributed by atoms with van der Waals surface area (Å²) in [6.07, 6.45) is 3.56. The first-order chi connectivity index (χ1) is 9.22. The van der Waals surface area contributed by atoms with E-state index < -0.39 is 0 Å². The second-order valence-corrected chi connectivity index (χ2v) is 6.54. The Hall–Kier alpha value is -0.160. The third-order valence-electron chi connectivity index (χ3n) is 3.84. The number of hydrogen-bond donors (Lipinski definition) is 0. The first-order valence-corrected chi connectivity index (χ1v) is 8.56. The Balaban J connectivity index is 1.89. The lowest BCUT2D eigenvalue weighted by Gasteiger charge is -2.29. The number of alkyl halides is 1. The van der Waals surface area contributed by atoms with E-state index in [1.807, 2.05) is 0 Å². The molecule has 3 nitrogen and oxygen atoms in total. The van der Waals surface area contributed by atoms with E-state index in [2.05, 4.69) is 34.1 Å². The summed E-state index contributed by atoms with van der Waals surface area (Å²) >= 11 is 7.55. The van der Waals surface area contributed by atoms with Crippen molar-refractivity contribution in [1.29, 1.82) is 0 Å².